The number of carbonyl (C=O) groups is 1. The van der Waals surface area contributed by atoms with Gasteiger partial charge in [0.1, 0.15) is 24.4 Å². The zero-order valence-electron chi connectivity index (χ0n) is 31.7. The Hall–Kier alpha value is -0.810. The molecule has 1 heterocycles. The lowest BCUT2D eigenvalue weighted by molar-refractivity contribution is -0.302. The second-order valence-electron chi connectivity index (χ2n) is 14.8. The van der Waals surface area contributed by atoms with Crippen molar-refractivity contribution in [1.82, 2.24) is 5.32 Å². The molecule has 9 heteroatoms. The number of carbonyl (C=O) groups excluding carboxylic acids is 1. The highest BCUT2D eigenvalue weighted by atomic mass is 16.7. The van der Waals surface area contributed by atoms with Gasteiger partial charge in [-0.15, -0.1) is 0 Å². The summed E-state index contributed by atoms with van der Waals surface area (Å²) in [6.07, 6.45) is 25.3. The third-order valence-electron chi connectivity index (χ3n) is 10.2. The first-order chi connectivity index (χ1) is 23.8. The number of aliphatic hydroxyl groups is 5. The van der Waals surface area contributed by atoms with Crippen LogP contribution in [0.1, 0.15) is 194 Å². The van der Waals surface area contributed by atoms with E-state index in [0.717, 1.165) is 38.5 Å². The van der Waals surface area contributed by atoms with Crippen molar-refractivity contribution in [3.05, 3.63) is 0 Å². The molecule has 0 spiro atoms. The Balaban J connectivity index is 2.38. The molecule has 2 unspecified atom stereocenters. The molecule has 0 radical (unpaired) electrons. The Morgan fingerprint density at radius 3 is 1.45 bits per heavy atom. The van der Waals surface area contributed by atoms with Crippen molar-refractivity contribution in [3.8, 4) is 0 Å². The zero-order chi connectivity index (χ0) is 36.0. The average molecular weight is 702 g/mol. The lowest BCUT2D eigenvalue weighted by Gasteiger charge is -2.40. The predicted octanol–water partition coefficient (Wildman–Crippen LogP) is 7.61. The first-order valence-corrected chi connectivity index (χ1v) is 20.7. The standard InChI is InChI=1S/C40H79NO8/c1-3-5-7-9-11-13-15-17-18-19-21-23-25-27-29-34(43)33(32-48-40-39(47)38(46)37(45)35(31-42)49-40)41-36(44)30-28-26-24-22-20-16-14-12-10-8-6-4-2/h33-35,37-40,42-43,45-47H,3-32H2,1-2H3,(H,41,44)/t33-,34+,35+,37+,38?,39?,40+/m0/s1. The molecule has 0 aromatic carbocycles. The van der Waals surface area contributed by atoms with Crippen LogP contribution in [0.25, 0.3) is 0 Å². The fourth-order valence-corrected chi connectivity index (χ4v) is 6.81. The summed E-state index contributed by atoms with van der Waals surface area (Å²) in [5.41, 5.74) is 0. The van der Waals surface area contributed by atoms with Gasteiger partial charge in [0.25, 0.3) is 0 Å². The summed E-state index contributed by atoms with van der Waals surface area (Å²) in [6, 6.07) is -0.709. The molecule has 0 aromatic heterocycles. The Morgan fingerprint density at radius 1 is 0.612 bits per heavy atom. The summed E-state index contributed by atoms with van der Waals surface area (Å²) in [5, 5.41) is 54.1. The highest BCUT2D eigenvalue weighted by Crippen LogP contribution is 2.23. The first-order valence-electron chi connectivity index (χ1n) is 20.7. The van der Waals surface area contributed by atoms with Gasteiger partial charge in [0.05, 0.1) is 25.4 Å². The minimum atomic E-state index is -1.55. The lowest BCUT2D eigenvalue weighted by Crippen LogP contribution is -2.60. The Bertz CT molecular complexity index is 741. The van der Waals surface area contributed by atoms with E-state index in [-0.39, 0.29) is 12.5 Å². The van der Waals surface area contributed by atoms with E-state index < -0.39 is 49.5 Å². The van der Waals surface area contributed by atoms with E-state index in [0.29, 0.717) is 12.8 Å². The number of hydrogen-bond acceptors (Lipinski definition) is 8. The third kappa shape index (κ3) is 23.4. The van der Waals surface area contributed by atoms with Crippen molar-refractivity contribution < 1.29 is 39.8 Å². The average Bonchev–Trinajstić information content (AvgIpc) is 3.10. The summed E-state index contributed by atoms with van der Waals surface area (Å²) in [6.45, 7) is 3.82. The maximum Gasteiger partial charge on any atom is 0.220 e. The van der Waals surface area contributed by atoms with E-state index >= 15 is 0 Å². The van der Waals surface area contributed by atoms with Crippen LogP contribution >= 0.6 is 0 Å². The number of unbranched alkanes of at least 4 members (excludes halogenated alkanes) is 24. The summed E-state index contributed by atoms with van der Waals surface area (Å²) in [4.78, 5) is 12.9. The normalized spacial score (nSPS) is 22.3. The van der Waals surface area contributed by atoms with Crippen LogP contribution in [0.15, 0.2) is 0 Å². The van der Waals surface area contributed by atoms with Crippen LogP contribution in [0.5, 0.6) is 0 Å². The Labute approximate surface area is 300 Å². The van der Waals surface area contributed by atoms with Gasteiger partial charge in [0, 0.05) is 6.42 Å². The molecule has 9 nitrogen and oxygen atoms in total. The minimum Gasteiger partial charge on any atom is -0.394 e. The van der Waals surface area contributed by atoms with Crippen LogP contribution in [0.2, 0.25) is 0 Å². The van der Waals surface area contributed by atoms with Gasteiger partial charge in [-0.25, -0.2) is 0 Å². The molecule has 0 bridgehead atoms. The number of hydrogen-bond donors (Lipinski definition) is 6. The van der Waals surface area contributed by atoms with E-state index in [4.69, 9.17) is 9.47 Å². The summed E-state index contributed by atoms with van der Waals surface area (Å²) in [7, 11) is 0. The second-order valence-corrected chi connectivity index (χ2v) is 14.8. The molecular weight excluding hydrogens is 622 g/mol. The Morgan fingerprint density at radius 2 is 1.02 bits per heavy atom. The lowest BCUT2D eigenvalue weighted by atomic mass is 9.99. The molecule has 49 heavy (non-hydrogen) atoms. The van der Waals surface area contributed by atoms with E-state index in [1.807, 2.05) is 0 Å². The van der Waals surface area contributed by atoms with Crippen molar-refractivity contribution in [1.29, 1.82) is 0 Å². The van der Waals surface area contributed by atoms with E-state index in [9.17, 15) is 30.3 Å². The highest BCUT2D eigenvalue weighted by molar-refractivity contribution is 5.76. The number of rotatable bonds is 34. The summed E-state index contributed by atoms with van der Waals surface area (Å²) < 4.78 is 11.2. The van der Waals surface area contributed by atoms with Gasteiger partial charge >= 0.3 is 0 Å². The highest BCUT2D eigenvalue weighted by Gasteiger charge is 2.44. The van der Waals surface area contributed by atoms with Crippen LogP contribution in [0, 0.1) is 0 Å². The topological polar surface area (TPSA) is 149 Å². The molecule has 1 aliphatic heterocycles. The predicted molar refractivity (Wildman–Crippen MR) is 198 cm³/mol. The molecule has 1 saturated heterocycles. The monoisotopic (exact) mass is 702 g/mol. The van der Waals surface area contributed by atoms with E-state index in [2.05, 4.69) is 19.2 Å². The minimum absolute atomic E-state index is 0.132. The molecule has 0 saturated carbocycles. The van der Waals surface area contributed by atoms with Crippen molar-refractivity contribution in [2.75, 3.05) is 13.2 Å². The smallest absolute Gasteiger partial charge is 0.220 e. The summed E-state index contributed by atoms with van der Waals surface area (Å²) in [5.74, 6) is -0.144. The molecule has 6 N–H and O–H groups in total. The molecule has 1 fully saturated rings. The Kier molecular flexibility index (Phi) is 30.1. The largest absolute Gasteiger partial charge is 0.394 e. The number of ether oxygens (including phenoxy) is 2. The number of nitrogens with one attached hydrogen (secondary N) is 1. The molecule has 0 aliphatic carbocycles. The molecule has 0 aromatic rings. The zero-order valence-corrected chi connectivity index (χ0v) is 31.7. The maximum absolute atomic E-state index is 12.9. The van der Waals surface area contributed by atoms with Crippen LogP contribution < -0.4 is 5.32 Å². The maximum atomic E-state index is 12.9. The van der Waals surface area contributed by atoms with Gasteiger partial charge in [-0.2, -0.15) is 0 Å². The molecule has 292 valence electrons. The molecule has 7 atom stereocenters. The fourth-order valence-electron chi connectivity index (χ4n) is 6.81. The second kappa shape index (κ2) is 31.9. The van der Waals surface area contributed by atoms with E-state index in [1.54, 1.807) is 0 Å². The van der Waals surface area contributed by atoms with Gasteiger partial charge < -0.3 is 40.3 Å². The van der Waals surface area contributed by atoms with Crippen molar-refractivity contribution in [2.45, 2.75) is 236 Å². The van der Waals surface area contributed by atoms with Crippen LogP contribution in [-0.4, -0.2) is 87.5 Å². The SMILES string of the molecule is CCCCCCCCCCCCCCCC[C@@H](O)[C@H](CO[C@@H]1O[C@H](CO)[C@@H](O)C(O)C1O)NC(=O)CCCCCCCCCCCCCC. The number of aliphatic hydroxyl groups excluding tert-OH is 5. The quantitative estimate of drug-likeness (QED) is 0.0376. The van der Waals surface area contributed by atoms with E-state index in [1.165, 1.54) is 128 Å². The van der Waals surface area contributed by atoms with Gasteiger partial charge in [-0.05, 0) is 12.8 Å². The van der Waals surface area contributed by atoms with Crippen molar-refractivity contribution in [2.24, 2.45) is 0 Å². The van der Waals surface area contributed by atoms with Gasteiger partial charge in [0.2, 0.25) is 5.91 Å². The molecule has 1 aliphatic rings. The summed E-state index contributed by atoms with van der Waals surface area (Å²) >= 11 is 0. The number of amides is 1. The first kappa shape index (κ1) is 46.2. The molecule has 1 amide bonds. The third-order valence-corrected chi connectivity index (χ3v) is 10.2. The van der Waals surface area contributed by atoms with Crippen LogP contribution in [0.4, 0.5) is 0 Å². The van der Waals surface area contributed by atoms with Gasteiger partial charge in [-0.1, -0.05) is 174 Å². The van der Waals surface area contributed by atoms with Crippen LogP contribution in [-0.2, 0) is 14.3 Å². The van der Waals surface area contributed by atoms with Crippen LogP contribution in [0.3, 0.4) is 0 Å². The van der Waals surface area contributed by atoms with Crippen molar-refractivity contribution in [3.63, 3.8) is 0 Å². The van der Waals surface area contributed by atoms with Gasteiger partial charge in [0.15, 0.2) is 6.29 Å². The molecule has 1 rings (SSSR count). The molecular formula is C40H79NO8. The van der Waals surface area contributed by atoms with Crippen molar-refractivity contribution >= 4 is 5.91 Å². The fraction of sp³-hybridized carbons (Fsp3) is 0.975. The van der Waals surface area contributed by atoms with Gasteiger partial charge in [-0.3, -0.25) is 4.79 Å².